The van der Waals surface area contributed by atoms with Crippen LogP contribution in [0.25, 0.3) is 0 Å². The average Bonchev–Trinajstić information content (AvgIpc) is 2.69. The lowest BCUT2D eigenvalue weighted by atomic mass is 9.98. The molecule has 0 bridgehead atoms. The van der Waals surface area contributed by atoms with Crippen LogP contribution in [0.15, 0.2) is 0 Å². The van der Waals surface area contributed by atoms with Gasteiger partial charge < -0.3 is 10.0 Å². The molecule has 0 spiro atoms. The minimum Gasteiger partial charge on any atom is -0.481 e. The van der Waals surface area contributed by atoms with Crippen molar-refractivity contribution in [3.63, 3.8) is 0 Å². The summed E-state index contributed by atoms with van der Waals surface area (Å²) in [5.74, 6) is -1.63. The van der Waals surface area contributed by atoms with Crippen LogP contribution in [0.4, 0.5) is 0 Å². The van der Waals surface area contributed by atoms with E-state index in [0.717, 1.165) is 0 Å². The second kappa shape index (κ2) is 5.46. The number of sulfonamides is 1. The number of aliphatic carboxylic acids is 1. The predicted molar refractivity (Wildman–Crippen MR) is 66.9 cm³/mol. The van der Waals surface area contributed by atoms with Gasteiger partial charge in [-0.1, -0.05) is 0 Å². The molecule has 0 aromatic carbocycles. The second-order valence-corrected chi connectivity index (χ2v) is 7.11. The van der Waals surface area contributed by atoms with Crippen LogP contribution in [0.3, 0.4) is 0 Å². The van der Waals surface area contributed by atoms with Gasteiger partial charge in [-0.3, -0.25) is 9.59 Å². The van der Waals surface area contributed by atoms with E-state index in [2.05, 4.69) is 0 Å². The number of hydrogen-bond donors (Lipinski definition) is 1. The number of carboxylic acid groups (broad SMARTS) is 1. The normalized spacial score (nSPS) is 27.4. The quantitative estimate of drug-likeness (QED) is 0.745. The minimum atomic E-state index is -3.28. The Bertz CT molecular complexity index is 475. The molecule has 0 aliphatic carbocycles. The first kappa shape index (κ1) is 14.3. The van der Waals surface area contributed by atoms with Crippen molar-refractivity contribution in [2.45, 2.75) is 19.3 Å². The molecule has 0 saturated carbocycles. The Morgan fingerprint density at radius 1 is 1.21 bits per heavy atom. The van der Waals surface area contributed by atoms with Crippen molar-refractivity contribution in [3.8, 4) is 0 Å². The summed E-state index contributed by atoms with van der Waals surface area (Å²) in [5, 5.41) is 8.96. The molecule has 1 amide bonds. The minimum absolute atomic E-state index is 0.0953. The van der Waals surface area contributed by atoms with Crippen molar-refractivity contribution in [2.24, 2.45) is 5.92 Å². The van der Waals surface area contributed by atoms with Crippen LogP contribution >= 0.6 is 0 Å². The average molecular weight is 290 g/mol. The molecule has 1 N–H and O–H groups in total. The standard InChI is InChI=1S/C11H18N2O5S/c14-10(8-13-5-2-6-19(13,17)18)12-4-1-3-9(7-12)11(15)16/h9H,1-8H2,(H,15,16)/t9-/m0/s1. The zero-order chi connectivity index (χ0) is 14.0. The molecule has 0 aromatic heterocycles. The highest BCUT2D eigenvalue weighted by atomic mass is 32.2. The van der Waals surface area contributed by atoms with Crippen LogP contribution in [0.1, 0.15) is 19.3 Å². The number of likely N-dealkylation sites (tertiary alicyclic amines) is 1. The fourth-order valence-electron chi connectivity index (χ4n) is 2.52. The maximum atomic E-state index is 12.0. The lowest BCUT2D eigenvalue weighted by Crippen LogP contribution is -2.46. The van der Waals surface area contributed by atoms with Gasteiger partial charge >= 0.3 is 5.97 Å². The van der Waals surface area contributed by atoms with Gasteiger partial charge in [0, 0.05) is 19.6 Å². The molecule has 2 aliphatic rings. The summed E-state index contributed by atoms with van der Waals surface area (Å²) in [4.78, 5) is 24.4. The summed E-state index contributed by atoms with van der Waals surface area (Å²) in [6, 6.07) is 0. The predicted octanol–water partition coefficient (Wildman–Crippen LogP) is -0.655. The van der Waals surface area contributed by atoms with Crippen LogP contribution in [-0.2, 0) is 19.6 Å². The van der Waals surface area contributed by atoms with Crippen molar-refractivity contribution in [3.05, 3.63) is 0 Å². The molecule has 2 heterocycles. The van der Waals surface area contributed by atoms with Gasteiger partial charge in [0.15, 0.2) is 0 Å². The van der Waals surface area contributed by atoms with Crippen LogP contribution < -0.4 is 0 Å². The Kier molecular flexibility index (Phi) is 4.10. The van der Waals surface area contributed by atoms with E-state index in [1.165, 1.54) is 9.21 Å². The smallest absolute Gasteiger partial charge is 0.308 e. The first-order valence-electron chi connectivity index (χ1n) is 6.38. The van der Waals surface area contributed by atoms with Gasteiger partial charge in [0.1, 0.15) is 0 Å². The number of piperidine rings is 1. The number of rotatable bonds is 3. The van der Waals surface area contributed by atoms with Crippen molar-refractivity contribution in [2.75, 3.05) is 31.9 Å². The first-order valence-corrected chi connectivity index (χ1v) is 7.99. The molecule has 2 aliphatic heterocycles. The molecule has 8 heteroatoms. The fraction of sp³-hybridized carbons (Fsp3) is 0.818. The molecule has 108 valence electrons. The van der Waals surface area contributed by atoms with E-state index in [0.29, 0.717) is 32.4 Å². The van der Waals surface area contributed by atoms with Crippen molar-refractivity contribution in [1.29, 1.82) is 0 Å². The largest absolute Gasteiger partial charge is 0.481 e. The van der Waals surface area contributed by atoms with E-state index in [-0.39, 0.29) is 24.7 Å². The highest BCUT2D eigenvalue weighted by molar-refractivity contribution is 7.89. The molecule has 19 heavy (non-hydrogen) atoms. The van der Waals surface area contributed by atoms with Crippen molar-refractivity contribution >= 4 is 21.9 Å². The van der Waals surface area contributed by atoms with E-state index in [1.54, 1.807) is 0 Å². The number of hydrogen-bond acceptors (Lipinski definition) is 4. The van der Waals surface area contributed by atoms with Gasteiger partial charge in [-0.15, -0.1) is 0 Å². The van der Waals surface area contributed by atoms with Gasteiger partial charge in [-0.05, 0) is 19.3 Å². The van der Waals surface area contributed by atoms with E-state index in [1.807, 2.05) is 0 Å². The van der Waals surface area contributed by atoms with Gasteiger partial charge in [-0.2, -0.15) is 4.31 Å². The molecule has 1 atom stereocenters. The molecule has 0 radical (unpaired) electrons. The second-order valence-electron chi connectivity index (χ2n) is 5.02. The highest BCUT2D eigenvalue weighted by Gasteiger charge is 2.33. The molecule has 2 saturated heterocycles. The summed E-state index contributed by atoms with van der Waals surface area (Å²) < 4.78 is 24.4. The number of carboxylic acids is 1. The lowest BCUT2D eigenvalue weighted by Gasteiger charge is -2.31. The zero-order valence-corrected chi connectivity index (χ0v) is 11.4. The summed E-state index contributed by atoms with van der Waals surface area (Å²) in [6.07, 6.45) is 1.77. The Morgan fingerprint density at radius 3 is 2.53 bits per heavy atom. The van der Waals surface area contributed by atoms with Crippen LogP contribution in [0, 0.1) is 5.92 Å². The summed E-state index contributed by atoms with van der Waals surface area (Å²) in [6.45, 7) is 0.914. The van der Waals surface area contributed by atoms with Gasteiger partial charge in [-0.25, -0.2) is 8.42 Å². The Morgan fingerprint density at radius 2 is 1.95 bits per heavy atom. The number of carbonyl (C=O) groups is 2. The maximum Gasteiger partial charge on any atom is 0.308 e. The van der Waals surface area contributed by atoms with Gasteiger partial charge in [0.25, 0.3) is 0 Å². The van der Waals surface area contributed by atoms with Gasteiger partial charge in [0.05, 0.1) is 18.2 Å². The SMILES string of the molecule is O=C(O)[C@H]1CCCN(C(=O)CN2CCCS2(=O)=O)C1. The molecular weight excluding hydrogens is 272 g/mol. The molecule has 0 unspecified atom stereocenters. The van der Waals surface area contributed by atoms with Crippen molar-refractivity contribution < 1.29 is 23.1 Å². The fourth-order valence-corrected chi connectivity index (χ4v) is 3.99. The van der Waals surface area contributed by atoms with Crippen LogP contribution in [-0.4, -0.2) is 66.5 Å². The zero-order valence-electron chi connectivity index (χ0n) is 10.6. The van der Waals surface area contributed by atoms with E-state index < -0.39 is 21.9 Å². The third-order valence-electron chi connectivity index (χ3n) is 3.64. The molecule has 2 fully saturated rings. The summed E-state index contributed by atoms with van der Waals surface area (Å²) in [7, 11) is -3.28. The van der Waals surface area contributed by atoms with Crippen LogP contribution in [0.5, 0.6) is 0 Å². The Balaban J connectivity index is 1.95. The third kappa shape index (κ3) is 3.24. The molecular formula is C11H18N2O5S. The van der Waals surface area contributed by atoms with E-state index >= 15 is 0 Å². The lowest BCUT2D eigenvalue weighted by molar-refractivity contribution is -0.145. The van der Waals surface area contributed by atoms with E-state index in [9.17, 15) is 18.0 Å². The number of carbonyl (C=O) groups excluding carboxylic acids is 1. The first-order chi connectivity index (χ1) is 8.90. The summed E-state index contributed by atoms with van der Waals surface area (Å²) >= 11 is 0. The number of nitrogens with zero attached hydrogens (tertiary/aromatic N) is 2. The monoisotopic (exact) mass is 290 g/mol. The molecule has 7 nitrogen and oxygen atoms in total. The van der Waals surface area contributed by atoms with E-state index in [4.69, 9.17) is 5.11 Å². The Labute approximate surface area is 112 Å². The maximum absolute atomic E-state index is 12.0. The molecule has 2 rings (SSSR count). The van der Waals surface area contributed by atoms with Crippen molar-refractivity contribution in [1.82, 2.24) is 9.21 Å². The van der Waals surface area contributed by atoms with Crippen LogP contribution in [0.2, 0.25) is 0 Å². The highest BCUT2D eigenvalue weighted by Crippen LogP contribution is 2.18. The Hall–Kier alpha value is -1.15. The topological polar surface area (TPSA) is 95.0 Å². The van der Waals surface area contributed by atoms with Gasteiger partial charge in [0.2, 0.25) is 15.9 Å². The number of amides is 1. The summed E-state index contributed by atoms with van der Waals surface area (Å²) in [5.41, 5.74) is 0. The molecule has 0 aromatic rings. The third-order valence-corrected chi connectivity index (χ3v) is 5.54.